The average Bonchev–Trinajstić information content (AvgIpc) is 2.62. The standard InChI is InChI=1S/C20H27N3O2/c1-4-18-19(15(2)24)8-9-21-20(18)25-17-7-5-6-16(14-17)23-12-10-22(3)11-13-23/h5-9,14-15,24H,4,10-13H2,1-3H3. The molecule has 5 heteroatoms. The largest absolute Gasteiger partial charge is 0.439 e. The van der Waals surface area contributed by atoms with Crippen molar-refractivity contribution in [2.75, 3.05) is 38.1 Å². The van der Waals surface area contributed by atoms with Crippen LogP contribution in [0.1, 0.15) is 31.1 Å². The molecular formula is C20H27N3O2. The number of pyridine rings is 1. The summed E-state index contributed by atoms with van der Waals surface area (Å²) in [4.78, 5) is 9.11. The van der Waals surface area contributed by atoms with E-state index in [1.165, 1.54) is 5.69 Å². The molecule has 0 spiro atoms. The van der Waals surface area contributed by atoms with E-state index >= 15 is 0 Å². The Morgan fingerprint density at radius 2 is 1.96 bits per heavy atom. The summed E-state index contributed by atoms with van der Waals surface area (Å²) in [5.74, 6) is 1.36. The van der Waals surface area contributed by atoms with Gasteiger partial charge in [-0.2, -0.15) is 0 Å². The second kappa shape index (κ2) is 7.85. The fourth-order valence-electron chi connectivity index (χ4n) is 3.24. The van der Waals surface area contributed by atoms with Crippen LogP contribution in [0.15, 0.2) is 36.5 Å². The maximum atomic E-state index is 9.97. The molecule has 3 rings (SSSR count). The molecule has 2 heterocycles. The Kier molecular flexibility index (Phi) is 5.56. The molecule has 1 aliphatic rings. The second-order valence-corrected chi connectivity index (χ2v) is 6.60. The van der Waals surface area contributed by atoms with Crippen LogP contribution in [0.2, 0.25) is 0 Å². The zero-order valence-electron chi connectivity index (χ0n) is 15.3. The SMILES string of the molecule is CCc1c(C(C)O)ccnc1Oc1cccc(N2CCN(C)CC2)c1. The molecule has 25 heavy (non-hydrogen) atoms. The second-order valence-electron chi connectivity index (χ2n) is 6.60. The van der Waals surface area contributed by atoms with Crippen LogP contribution in [0.25, 0.3) is 0 Å². The molecule has 134 valence electrons. The van der Waals surface area contributed by atoms with E-state index in [1.54, 1.807) is 13.1 Å². The average molecular weight is 341 g/mol. The number of hydrogen-bond donors (Lipinski definition) is 1. The zero-order valence-corrected chi connectivity index (χ0v) is 15.3. The molecule has 1 unspecified atom stereocenters. The molecule has 0 amide bonds. The summed E-state index contributed by atoms with van der Waals surface area (Å²) in [6.45, 7) is 8.01. The van der Waals surface area contributed by atoms with Crippen LogP contribution in [-0.4, -0.2) is 48.2 Å². The molecule has 1 aliphatic heterocycles. The van der Waals surface area contributed by atoms with E-state index in [9.17, 15) is 5.11 Å². The summed E-state index contributed by atoms with van der Waals surface area (Å²) in [5.41, 5.74) is 3.01. The quantitative estimate of drug-likeness (QED) is 0.905. The first kappa shape index (κ1) is 17.7. The summed E-state index contributed by atoms with van der Waals surface area (Å²) >= 11 is 0. The number of aliphatic hydroxyl groups excluding tert-OH is 1. The van der Waals surface area contributed by atoms with E-state index in [0.29, 0.717) is 5.88 Å². The van der Waals surface area contributed by atoms with Crippen LogP contribution in [0, 0.1) is 0 Å². The van der Waals surface area contributed by atoms with Crippen LogP contribution in [0.3, 0.4) is 0 Å². The molecule has 0 aliphatic carbocycles. The topological polar surface area (TPSA) is 48.8 Å². The fraction of sp³-hybridized carbons (Fsp3) is 0.450. The number of ether oxygens (including phenoxy) is 1. The van der Waals surface area contributed by atoms with Crippen molar-refractivity contribution >= 4 is 5.69 Å². The lowest BCUT2D eigenvalue weighted by atomic mass is 10.0. The lowest BCUT2D eigenvalue weighted by molar-refractivity contribution is 0.197. The van der Waals surface area contributed by atoms with E-state index in [1.807, 2.05) is 18.2 Å². The van der Waals surface area contributed by atoms with Gasteiger partial charge >= 0.3 is 0 Å². The molecule has 1 aromatic heterocycles. The third-order valence-corrected chi connectivity index (χ3v) is 4.76. The number of piperazine rings is 1. The monoisotopic (exact) mass is 341 g/mol. The van der Waals surface area contributed by atoms with E-state index < -0.39 is 6.10 Å². The highest BCUT2D eigenvalue weighted by Crippen LogP contribution is 2.31. The van der Waals surface area contributed by atoms with Crippen LogP contribution in [0.4, 0.5) is 5.69 Å². The van der Waals surface area contributed by atoms with Crippen molar-refractivity contribution in [3.63, 3.8) is 0 Å². The molecule has 1 saturated heterocycles. The summed E-state index contributed by atoms with van der Waals surface area (Å²) in [7, 11) is 2.16. The number of nitrogens with zero attached hydrogens (tertiary/aromatic N) is 3. The number of hydrogen-bond acceptors (Lipinski definition) is 5. The minimum atomic E-state index is -0.531. The fourth-order valence-corrected chi connectivity index (χ4v) is 3.24. The highest BCUT2D eigenvalue weighted by atomic mass is 16.5. The Morgan fingerprint density at radius 3 is 2.64 bits per heavy atom. The summed E-state index contributed by atoms with van der Waals surface area (Å²) in [6, 6.07) is 10.0. The molecule has 1 aromatic carbocycles. The van der Waals surface area contributed by atoms with Gasteiger partial charge in [-0.25, -0.2) is 4.98 Å². The lowest BCUT2D eigenvalue weighted by Crippen LogP contribution is -2.44. The molecule has 0 saturated carbocycles. The van der Waals surface area contributed by atoms with Gasteiger partial charge in [-0.1, -0.05) is 13.0 Å². The minimum absolute atomic E-state index is 0.531. The summed E-state index contributed by atoms with van der Waals surface area (Å²) in [6.07, 6.45) is 1.93. The van der Waals surface area contributed by atoms with E-state index in [2.05, 4.69) is 40.9 Å². The van der Waals surface area contributed by atoms with Crippen molar-refractivity contribution in [1.29, 1.82) is 0 Å². The van der Waals surface area contributed by atoms with Gasteiger partial charge in [-0.05, 0) is 44.2 Å². The Labute approximate surface area is 149 Å². The van der Waals surface area contributed by atoms with Gasteiger partial charge in [-0.15, -0.1) is 0 Å². The van der Waals surface area contributed by atoms with Gasteiger partial charge in [0, 0.05) is 49.7 Å². The summed E-state index contributed by atoms with van der Waals surface area (Å²) in [5, 5.41) is 9.97. The molecular weight excluding hydrogens is 314 g/mol. The lowest BCUT2D eigenvalue weighted by Gasteiger charge is -2.34. The number of aliphatic hydroxyl groups is 1. The predicted octanol–water partition coefficient (Wildman–Crippen LogP) is 3.24. The molecule has 2 aromatic rings. The van der Waals surface area contributed by atoms with Crippen LogP contribution in [0.5, 0.6) is 11.6 Å². The normalized spacial score (nSPS) is 16.7. The van der Waals surface area contributed by atoms with Gasteiger partial charge in [0.2, 0.25) is 5.88 Å². The Hall–Kier alpha value is -2.11. The highest BCUT2D eigenvalue weighted by molar-refractivity contribution is 5.52. The first-order valence-electron chi connectivity index (χ1n) is 8.95. The maximum Gasteiger partial charge on any atom is 0.222 e. The van der Waals surface area contributed by atoms with Crippen molar-refractivity contribution in [2.45, 2.75) is 26.4 Å². The van der Waals surface area contributed by atoms with Gasteiger partial charge in [0.05, 0.1) is 6.10 Å². The Morgan fingerprint density at radius 1 is 1.20 bits per heavy atom. The molecule has 5 nitrogen and oxygen atoms in total. The maximum absolute atomic E-state index is 9.97. The third kappa shape index (κ3) is 4.11. The van der Waals surface area contributed by atoms with Gasteiger partial charge in [0.15, 0.2) is 0 Å². The molecule has 0 radical (unpaired) electrons. The summed E-state index contributed by atoms with van der Waals surface area (Å²) < 4.78 is 6.08. The van der Waals surface area contributed by atoms with Gasteiger partial charge in [0.1, 0.15) is 5.75 Å². The van der Waals surface area contributed by atoms with Crippen molar-refractivity contribution in [2.24, 2.45) is 0 Å². The van der Waals surface area contributed by atoms with Crippen molar-refractivity contribution in [1.82, 2.24) is 9.88 Å². The molecule has 1 atom stereocenters. The smallest absolute Gasteiger partial charge is 0.222 e. The molecule has 1 fully saturated rings. The predicted molar refractivity (Wildman–Crippen MR) is 100 cm³/mol. The minimum Gasteiger partial charge on any atom is -0.439 e. The number of aromatic nitrogens is 1. The van der Waals surface area contributed by atoms with Crippen molar-refractivity contribution in [3.8, 4) is 11.6 Å². The third-order valence-electron chi connectivity index (χ3n) is 4.76. The first-order chi connectivity index (χ1) is 12.1. The van der Waals surface area contributed by atoms with Gasteiger partial charge in [-0.3, -0.25) is 0 Å². The Balaban J connectivity index is 1.82. The van der Waals surface area contributed by atoms with Crippen molar-refractivity contribution in [3.05, 3.63) is 47.7 Å². The number of anilines is 1. The zero-order chi connectivity index (χ0) is 17.8. The van der Waals surface area contributed by atoms with Crippen LogP contribution < -0.4 is 9.64 Å². The van der Waals surface area contributed by atoms with Crippen LogP contribution in [-0.2, 0) is 6.42 Å². The number of likely N-dealkylation sites (N-methyl/N-ethyl adjacent to an activating group) is 1. The van der Waals surface area contributed by atoms with Crippen LogP contribution >= 0.6 is 0 Å². The Bertz CT molecular complexity index is 710. The number of rotatable bonds is 5. The molecule has 1 N–H and O–H groups in total. The van der Waals surface area contributed by atoms with E-state index in [0.717, 1.165) is 49.5 Å². The van der Waals surface area contributed by atoms with Gasteiger partial charge < -0.3 is 19.6 Å². The van der Waals surface area contributed by atoms with Gasteiger partial charge in [0.25, 0.3) is 0 Å². The number of benzene rings is 1. The highest BCUT2D eigenvalue weighted by Gasteiger charge is 2.16. The molecule has 0 bridgehead atoms. The first-order valence-corrected chi connectivity index (χ1v) is 8.95. The van der Waals surface area contributed by atoms with Crippen molar-refractivity contribution < 1.29 is 9.84 Å². The van der Waals surface area contributed by atoms with E-state index in [4.69, 9.17) is 4.74 Å². The van der Waals surface area contributed by atoms with E-state index in [-0.39, 0.29) is 0 Å².